The number of benzene rings is 2. The number of para-hydroxylation sites is 1. The van der Waals surface area contributed by atoms with Crippen molar-refractivity contribution in [3.8, 4) is 0 Å². The Morgan fingerprint density at radius 3 is 2.28 bits per heavy atom. The summed E-state index contributed by atoms with van der Waals surface area (Å²) in [7, 11) is 3.67. The summed E-state index contributed by atoms with van der Waals surface area (Å²) in [5, 5.41) is 14.7. The van der Waals surface area contributed by atoms with Crippen molar-refractivity contribution < 1.29 is 23.8 Å². The summed E-state index contributed by atoms with van der Waals surface area (Å²) in [6, 6.07) is 19.2. The average molecular weight is 529 g/mol. The Balaban J connectivity index is 1.82. The molecule has 0 radical (unpaired) electrons. The van der Waals surface area contributed by atoms with E-state index in [0.717, 1.165) is 26.9 Å². The first-order valence-electron chi connectivity index (χ1n) is 12.8. The molecule has 5 rings (SSSR count). The second kappa shape index (κ2) is 9.72. The third kappa shape index (κ3) is 4.69. The molecule has 1 atom stereocenters. The first-order valence-corrected chi connectivity index (χ1v) is 12.8. The second-order valence-corrected chi connectivity index (χ2v) is 10.6. The number of carbonyl (C=O) groups excluding carboxylic acids is 2. The first kappa shape index (κ1) is 26.2. The number of esters is 2. The smallest absolute Gasteiger partial charge is 0.324 e. The molecular weight excluding hydrogens is 496 g/mol. The summed E-state index contributed by atoms with van der Waals surface area (Å²) < 4.78 is 13.8. The molecule has 1 fully saturated rings. The van der Waals surface area contributed by atoms with Gasteiger partial charge in [-0.1, -0.05) is 48.5 Å². The van der Waals surface area contributed by atoms with Gasteiger partial charge < -0.3 is 19.6 Å². The third-order valence-corrected chi connectivity index (χ3v) is 7.20. The number of imidazole rings is 1. The lowest BCUT2D eigenvalue weighted by Crippen LogP contribution is -2.50. The summed E-state index contributed by atoms with van der Waals surface area (Å²) >= 11 is 0. The van der Waals surface area contributed by atoms with Crippen LogP contribution in [0.25, 0.3) is 10.9 Å². The monoisotopic (exact) mass is 528 g/mol. The van der Waals surface area contributed by atoms with Crippen LogP contribution in [0.5, 0.6) is 0 Å². The zero-order chi connectivity index (χ0) is 28.1. The number of fused-ring (bicyclic) bond motifs is 1. The zero-order valence-corrected chi connectivity index (χ0v) is 23.0. The van der Waals surface area contributed by atoms with E-state index in [-0.39, 0.29) is 5.82 Å². The maximum atomic E-state index is 13.9. The van der Waals surface area contributed by atoms with E-state index >= 15 is 0 Å². The second-order valence-electron chi connectivity index (χ2n) is 10.6. The highest BCUT2D eigenvalue weighted by atomic mass is 16.7. The Hall–Kier alpha value is -4.40. The van der Waals surface area contributed by atoms with Gasteiger partial charge in [0.25, 0.3) is 11.6 Å². The van der Waals surface area contributed by atoms with Crippen LogP contribution in [0.3, 0.4) is 0 Å². The van der Waals surface area contributed by atoms with Gasteiger partial charge in [-0.05, 0) is 17.7 Å². The molecule has 0 amide bonds. The Kier molecular flexibility index (Phi) is 6.54. The van der Waals surface area contributed by atoms with Gasteiger partial charge in [0, 0.05) is 52.7 Å². The molecule has 3 heterocycles. The van der Waals surface area contributed by atoms with Crippen LogP contribution in [0.1, 0.15) is 48.1 Å². The highest BCUT2D eigenvalue weighted by molar-refractivity contribution is 5.98. The van der Waals surface area contributed by atoms with Gasteiger partial charge in [0.15, 0.2) is 5.92 Å². The number of hydrogen-bond acceptors (Lipinski definition) is 7. The van der Waals surface area contributed by atoms with Gasteiger partial charge >= 0.3 is 11.9 Å². The number of cyclic esters (lactones) is 2. The van der Waals surface area contributed by atoms with E-state index in [4.69, 9.17) is 14.5 Å². The van der Waals surface area contributed by atoms with E-state index in [9.17, 15) is 14.8 Å². The molecule has 2 aromatic heterocycles. The van der Waals surface area contributed by atoms with E-state index in [2.05, 4.69) is 0 Å². The van der Waals surface area contributed by atoms with E-state index in [1.807, 2.05) is 91.1 Å². The van der Waals surface area contributed by atoms with Crippen LogP contribution in [0.4, 0.5) is 5.82 Å². The van der Waals surface area contributed by atoms with Crippen LogP contribution in [0.15, 0.2) is 60.7 Å². The number of nitrogens with zero attached hydrogens (tertiary/aromatic N) is 4. The number of anilines is 1. The van der Waals surface area contributed by atoms with Crippen molar-refractivity contribution in [1.82, 2.24) is 9.55 Å². The molecule has 0 aliphatic carbocycles. The largest absolute Gasteiger partial charge is 0.711 e. The highest BCUT2D eigenvalue weighted by Crippen LogP contribution is 2.42. The van der Waals surface area contributed by atoms with Gasteiger partial charge in [-0.15, -0.1) is 0 Å². The molecule has 9 nitrogen and oxygen atoms in total. The number of carbonyl (C=O) groups is 2. The molecule has 39 heavy (non-hydrogen) atoms. The van der Waals surface area contributed by atoms with E-state index in [1.54, 1.807) is 6.92 Å². The Morgan fingerprint density at radius 1 is 1.03 bits per heavy atom. The van der Waals surface area contributed by atoms with Gasteiger partial charge in [-0.2, -0.15) is 0 Å². The van der Waals surface area contributed by atoms with E-state index in [1.165, 1.54) is 13.8 Å². The number of ether oxygens (including phenoxy) is 2. The minimum atomic E-state index is -1.41. The lowest BCUT2D eigenvalue weighted by molar-refractivity contribution is -0.621. The third-order valence-electron chi connectivity index (χ3n) is 7.20. The molecule has 9 heteroatoms. The normalized spacial score (nSPS) is 16.2. The van der Waals surface area contributed by atoms with Crippen LogP contribution in [0, 0.1) is 25.0 Å². The van der Waals surface area contributed by atoms with Gasteiger partial charge in [-0.3, -0.25) is 9.59 Å². The van der Waals surface area contributed by atoms with Gasteiger partial charge in [0.05, 0.1) is 5.52 Å². The van der Waals surface area contributed by atoms with Crippen LogP contribution >= 0.6 is 0 Å². The van der Waals surface area contributed by atoms with Crippen molar-refractivity contribution in [2.24, 2.45) is 5.92 Å². The summed E-state index contributed by atoms with van der Waals surface area (Å²) in [5.41, 5.74) is 3.47. The molecule has 2 aromatic carbocycles. The van der Waals surface area contributed by atoms with Crippen molar-refractivity contribution in [2.75, 3.05) is 19.0 Å². The minimum Gasteiger partial charge on any atom is -0.711 e. The molecule has 0 N–H and O–H groups in total. The Morgan fingerprint density at radius 2 is 1.64 bits per heavy atom. The average Bonchev–Trinajstić information content (AvgIpc) is 3.08. The Labute approximate surface area is 227 Å². The number of hydrogen-bond donors (Lipinski definition) is 0. The molecule has 0 spiro atoms. The van der Waals surface area contributed by atoms with Crippen molar-refractivity contribution in [2.45, 2.75) is 45.9 Å². The molecule has 1 aliphatic rings. The van der Waals surface area contributed by atoms with E-state index < -0.39 is 29.6 Å². The fourth-order valence-corrected chi connectivity index (χ4v) is 5.23. The maximum absolute atomic E-state index is 13.9. The van der Waals surface area contributed by atoms with Crippen molar-refractivity contribution in [3.05, 3.63) is 94.2 Å². The van der Waals surface area contributed by atoms with Gasteiger partial charge in [-0.25, -0.2) is 14.3 Å². The molecule has 1 saturated heterocycles. The minimum absolute atomic E-state index is 0.243. The lowest BCUT2D eigenvalue weighted by Gasteiger charge is -2.36. The number of rotatable bonds is 6. The quantitative estimate of drug-likeness (QED) is 0.161. The predicted molar refractivity (Wildman–Crippen MR) is 146 cm³/mol. The molecule has 4 aromatic rings. The summed E-state index contributed by atoms with van der Waals surface area (Å²) in [6.07, 6.45) is 0. The van der Waals surface area contributed by atoms with Crippen LogP contribution in [-0.4, -0.2) is 41.4 Å². The van der Waals surface area contributed by atoms with Gasteiger partial charge in [0.1, 0.15) is 29.7 Å². The predicted octanol–water partition coefficient (Wildman–Crippen LogP) is 3.99. The van der Waals surface area contributed by atoms with Crippen molar-refractivity contribution in [3.63, 3.8) is 0 Å². The van der Waals surface area contributed by atoms with Crippen molar-refractivity contribution >= 4 is 28.7 Å². The molecule has 0 saturated carbocycles. The molecule has 202 valence electrons. The zero-order valence-electron chi connectivity index (χ0n) is 23.0. The summed E-state index contributed by atoms with van der Waals surface area (Å²) in [6.45, 7) is 6.99. The maximum Gasteiger partial charge on any atom is 0.324 e. The summed E-state index contributed by atoms with van der Waals surface area (Å²) in [4.78, 5) is 33.8. The van der Waals surface area contributed by atoms with Crippen LogP contribution < -0.4 is 9.63 Å². The standard InChI is InChI=1S/C30H32N4O5/c1-18-19(2)34(37)27(33(18)17-20-12-8-7-9-13-20)24(25-28(35)38-30(3,4)39-29(25)36)22-16-21-14-10-11-15-23(21)31-26(22)32(5)6/h7-16,24-25H,17H2,1-6H3. The van der Waals surface area contributed by atoms with Crippen LogP contribution in [-0.2, 0) is 25.6 Å². The molecular formula is C30H32N4O5. The molecule has 1 aliphatic heterocycles. The Bertz CT molecular complexity index is 1560. The SMILES string of the molecule is Cc1c(C)[n+]([O-])c(C(c2cc3ccccc3nc2N(C)C)C2C(=O)OC(C)(C)OC2=O)n1Cc1ccccc1. The van der Waals surface area contributed by atoms with Gasteiger partial charge in [0.2, 0.25) is 0 Å². The van der Waals surface area contributed by atoms with E-state index in [0.29, 0.717) is 23.6 Å². The summed E-state index contributed by atoms with van der Waals surface area (Å²) in [5.74, 6) is -4.58. The fourth-order valence-electron chi connectivity index (χ4n) is 5.23. The number of aromatic nitrogens is 3. The van der Waals surface area contributed by atoms with Crippen LogP contribution in [0.2, 0.25) is 0 Å². The lowest BCUT2D eigenvalue weighted by atomic mass is 9.83. The highest BCUT2D eigenvalue weighted by Gasteiger charge is 2.53. The number of pyridine rings is 1. The molecule has 1 unspecified atom stereocenters. The topological polar surface area (TPSA) is 101 Å². The fraction of sp³-hybridized carbons (Fsp3) is 0.333. The van der Waals surface area contributed by atoms with Crippen molar-refractivity contribution in [1.29, 1.82) is 0 Å². The molecule has 0 bridgehead atoms. The first-order chi connectivity index (χ1) is 18.5.